The molecule has 2 aliphatic rings. The molecule has 2 N–H and O–H groups in total. The van der Waals surface area contributed by atoms with Gasteiger partial charge in [-0.2, -0.15) is 0 Å². The number of carbonyl (C=O) groups excluding carboxylic acids is 2. The second-order valence-corrected chi connectivity index (χ2v) is 6.42. The van der Waals surface area contributed by atoms with Crippen molar-refractivity contribution in [3.63, 3.8) is 0 Å². The van der Waals surface area contributed by atoms with Crippen molar-refractivity contribution in [2.24, 2.45) is 11.7 Å². The summed E-state index contributed by atoms with van der Waals surface area (Å²) in [7, 11) is 0. The fraction of sp³-hybridized carbons (Fsp3) is 0.263. The highest BCUT2D eigenvalue weighted by Gasteiger charge is 2.28. The van der Waals surface area contributed by atoms with Crippen molar-refractivity contribution < 1.29 is 9.59 Å². The number of primary amides is 1. The fourth-order valence-electron chi connectivity index (χ4n) is 3.15. The van der Waals surface area contributed by atoms with Gasteiger partial charge >= 0.3 is 6.03 Å². The maximum Gasteiger partial charge on any atom is 0.326 e. The minimum atomic E-state index is -0.726. The molecule has 5 heteroatoms. The molecular formula is C19H18N3O2. The Morgan fingerprint density at radius 3 is 2.75 bits per heavy atom. The van der Waals surface area contributed by atoms with E-state index in [0.29, 0.717) is 24.4 Å². The number of carbonyl (C=O) groups is 2. The van der Waals surface area contributed by atoms with Gasteiger partial charge in [-0.1, -0.05) is 6.07 Å². The Kier molecular flexibility index (Phi) is 3.56. The zero-order chi connectivity index (χ0) is 16.7. The Morgan fingerprint density at radius 2 is 2.00 bits per heavy atom. The molecular weight excluding hydrogens is 302 g/mol. The summed E-state index contributed by atoms with van der Waals surface area (Å²) in [5.74, 6) is 0.450. The molecule has 3 amide bonds. The standard InChI is InChI=1S/C19H18N3O2/c20-19(24)22-17-5-3-14(9-15(17)4-6-18(22)23)16-8-13(10-21-11-16)7-12-1-2-12/h3,5,7-12H,1-2,4,6H2,(H2,20,24). The smallest absolute Gasteiger partial charge is 0.326 e. The summed E-state index contributed by atoms with van der Waals surface area (Å²) in [5, 5.41) is 0. The number of nitrogens with zero attached hydrogens (tertiary/aromatic N) is 2. The highest BCUT2D eigenvalue weighted by molar-refractivity contribution is 6.15. The van der Waals surface area contributed by atoms with Crippen LogP contribution in [0.1, 0.15) is 30.4 Å². The number of benzene rings is 1. The van der Waals surface area contributed by atoms with Crippen LogP contribution < -0.4 is 10.6 Å². The van der Waals surface area contributed by atoms with Crippen molar-refractivity contribution in [1.29, 1.82) is 0 Å². The molecule has 5 nitrogen and oxygen atoms in total. The number of fused-ring (bicyclic) bond motifs is 1. The lowest BCUT2D eigenvalue weighted by atomic mass is 9.96. The first-order chi connectivity index (χ1) is 11.6. The predicted molar refractivity (Wildman–Crippen MR) is 91.2 cm³/mol. The summed E-state index contributed by atoms with van der Waals surface area (Å²) in [6.45, 7) is 0. The van der Waals surface area contributed by atoms with Crippen LogP contribution in [0.5, 0.6) is 0 Å². The van der Waals surface area contributed by atoms with Gasteiger partial charge in [-0.15, -0.1) is 0 Å². The highest BCUT2D eigenvalue weighted by Crippen LogP contribution is 2.36. The van der Waals surface area contributed by atoms with E-state index in [0.717, 1.165) is 27.2 Å². The number of anilines is 1. The van der Waals surface area contributed by atoms with Gasteiger partial charge < -0.3 is 5.73 Å². The van der Waals surface area contributed by atoms with Gasteiger partial charge in [-0.3, -0.25) is 9.78 Å². The number of urea groups is 1. The zero-order valence-electron chi connectivity index (χ0n) is 13.2. The van der Waals surface area contributed by atoms with Crippen LogP contribution in [0.2, 0.25) is 0 Å². The minimum Gasteiger partial charge on any atom is -0.351 e. The lowest BCUT2D eigenvalue weighted by Crippen LogP contribution is -2.43. The summed E-state index contributed by atoms with van der Waals surface area (Å²) in [4.78, 5) is 28.9. The molecule has 1 radical (unpaired) electrons. The maximum atomic E-state index is 11.9. The molecule has 2 aromatic rings. The summed E-state index contributed by atoms with van der Waals surface area (Å²) in [5.41, 5.74) is 10.1. The Morgan fingerprint density at radius 1 is 1.17 bits per heavy atom. The number of aromatic nitrogens is 1. The molecule has 0 atom stereocenters. The number of pyridine rings is 1. The summed E-state index contributed by atoms with van der Waals surface area (Å²) < 4.78 is 0. The van der Waals surface area contributed by atoms with Crippen LogP contribution in [0.4, 0.5) is 10.5 Å². The third-order valence-corrected chi connectivity index (χ3v) is 4.54. The SMILES string of the molecule is NC(=O)N1C(=O)CCc2cc(-c3cncc([CH]C4CC4)c3)ccc21. The van der Waals surface area contributed by atoms with Gasteiger partial charge in [0.2, 0.25) is 5.91 Å². The van der Waals surface area contributed by atoms with Gasteiger partial charge in [-0.25, -0.2) is 9.69 Å². The molecule has 1 aliphatic carbocycles. The lowest BCUT2D eigenvalue weighted by Gasteiger charge is -2.26. The van der Waals surface area contributed by atoms with Gasteiger partial charge in [0.15, 0.2) is 0 Å². The number of amides is 3. The fourth-order valence-corrected chi connectivity index (χ4v) is 3.15. The third kappa shape index (κ3) is 2.77. The second-order valence-electron chi connectivity index (χ2n) is 6.42. The normalized spacial score (nSPS) is 16.8. The van der Waals surface area contributed by atoms with E-state index in [4.69, 9.17) is 5.73 Å². The summed E-state index contributed by atoms with van der Waals surface area (Å²) >= 11 is 0. The number of aryl methyl sites for hydroxylation is 1. The van der Waals surface area contributed by atoms with Gasteiger partial charge in [0.25, 0.3) is 0 Å². The molecule has 24 heavy (non-hydrogen) atoms. The van der Waals surface area contributed by atoms with E-state index in [1.807, 2.05) is 24.5 Å². The molecule has 0 unspecified atom stereocenters. The number of hydrogen-bond acceptors (Lipinski definition) is 3. The van der Waals surface area contributed by atoms with Crippen molar-refractivity contribution in [1.82, 2.24) is 4.98 Å². The summed E-state index contributed by atoms with van der Waals surface area (Å²) in [6.07, 6.45) is 9.43. The predicted octanol–water partition coefficient (Wildman–Crippen LogP) is 3.07. The van der Waals surface area contributed by atoms with Crippen LogP contribution in [0.25, 0.3) is 11.1 Å². The number of imide groups is 1. The highest BCUT2D eigenvalue weighted by atomic mass is 16.2. The van der Waals surface area contributed by atoms with E-state index in [-0.39, 0.29) is 5.91 Å². The number of rotatable bonds is 3. The average Bonchev–Trinajstić information content (AvgIpc) is 3.38. The number of hydrogen-bond donors (Lipinski definition) is 1. The molecule has 1 fully saturated rings. The van der Waals surface area contributed by atoms with Crippen molar-refractivity contribution >= 4 is 17.6 Å². The molecule has 121 valence electrons. The molecule has 0 spiro atoms. The van der Waals surface area contributed by atoms with Crippen LogP contribution in [-0.4, -0.2) is 16.9 Å². The van der Waals surface area contributed by atoms with Crippen molar-refractivity contribution in [3.05, 3.63) is 54.2 Å². The van der Waals surface area contributed by atoms with Gasteiger partial charge in [0.05, 0.1) is 5.69 Å². The van der Waals surface area contributed by atoms with Crippen LogP contribution in [0, 0.1) is 12.3 Å². The number of nitrogens with two attached hydrogens (primary N) is 1. The molecule has 0 saturated heterocycles. The van der Waals surface area contributed by atoms with Crippen molar-refractivity contribution in [2.75, 3.05) is 4.90 Å². The molecule has 2 heterocycles. The van der Waals surface area contributed by atoms with E-state index in [2.05, 4.69) is 17.5 Å². The minimum absolute atomic E-state index is 0.245. The first kappa shape index (κ1) is 14.9. The molecule has 1 saturated carbocycles. The lowest BCUT2D eigenvalue weighted by molar-refractivity contribution is -0.118. The van der Waals surface area contributed by atoms with E-state index in [9.17, 15) is 9.59 Å². The molecule has 1 aromatic heterocycles. The first-order valence-corrected chi connectivity index (χ1v) is 8.17. The van der Waals surface area contributed by atoms with Gasteiger partial charge in [0.1, 0.15) is 0 Å². The van der Waals surface area contributed by atoms with Gasteiger partial charge in [-0.05, 0) is 66.5 Å². The molecule has 1 aromatic carbocycles. The topological polar surface area (TPSA) is 76.3 Å². The Hall–Kier alpha value is -2.69. The Bertz CT molecular complexity index is 827. The van der Waals surface area contributed by atoms with E-state index >= 15 is 0 Å². The Labute approximate surface area is 140 Å². The quantitative estimate of drug-likeness (QED) is 0.944. The van der Waals surface area contributed by atoms with Crippen molar-refractivity contribution in [3.8, 4) is 11.1 Å². The van der Waals surface area contributed by atoms with Gasteiger partial charge in [0, 0.05) is 24.4 Å². The molecule has 1 aliphatic heterocycles. The summed E-state index contributed by atoms with van der Waals surface area (Å²) in [6, 6.07) is 7.13. The first-order valence-electron chi connectivity index (χ1n) is 8.17. The van der Waals surface area contributed by atoms with Crippen LogP contribution in [0.15, 0.2) is 36.7 Å². The maximum absolute atomic E-state index is 11.9. The Balaban J connectivity index is 1.68. The largest absolute Gasteiger partial charge is 0.351 e. The second kappa shape index (κ2) is 5.74. The zero-order valence-corrected chi connectivity index (χ0v) is 13.2. The average molecular weight is 320 g/mol. The van der Waals surface area contributed by atoms with E-state index in [1.54, 1.807) is 6.07 Å². The van der Waals surface area contributed by atoms with Crippen LogP contribution >= 0.6 is 0 Å². The monoisotopic (exact) mass is 320 g/mol. The van der Waals surface area contributed by atoms with E-state index < -0.39 is 6.03 Å². The molecule has 0 bridgehead atoms. The van der Waals surface area contributed by atoms with Crippen LogP contribution in [-0.2, 0) is 11.2 Å². The van der Waals surface area contributed by atoms with E-state index in [1.165, 1.54) is 12.8 Å². The molecule has 4 rings (SSSR count). The van der Waals surface area contributed by atoms with Crippen molar-refractivity contribution in [2.45, 2.75) is 25.7 Å². The third-order valence-electron chi connectivity index (χ3n) is 4.54. The van der Waals surface area contributed by atoms with Crippen LogP contribution in [0.3, 0.4) is 0 Å².